The van der Waals surface area contributed by atoms with Gasteiger partial charge in [0.1, 0.15) is 0 Å². The van der Waals surface area contributed by atoms with Crippen LogP contribution in [0.4, 0.5) is 0 Å². The number of nitrogens with zero attached hydrogens (tertiary/aromatic N) is 1. The molecule has 2 aromatic rings. The second-order valence-corrected chi connectivity index (χ2v) is 5.89. The first-order chi connectivity index (χ1) is 7.66. The van der Waals surface area contributed by atoms with Gasteiger partial charge in [0.15, 0.2) is 5.76 Å². The molecule has 0 aliphatic carbocycles. The average molecular weight is 300 g/mol. The third-order valence-corrected chi connectivity index (χ3v) is 3.71. The highest BCUT2D eigenvalue weighted by molar-refractivity contribution is 9.11. The Morgan fingerprint density at radius 2 is 2.31 bits per heavy atom. The van der Waals surface area contributed by atoms with E-state index in [1.54, 1.807) is 35.4 Å². The molecule has 0 saturated heterocycles. The standard InChI is InChI=1S/C11H10BrNO2S/c1-13(7-8-4-5-10(12)16-8)11(14)9-3-2-6-15-9/h2-6H,7H2,1H3. The lowest BCUT2D eigenvalue weighted by Gasteiger charge is -2.14. The van der Waals surface area contributed by atoms with Crippen molar-refractivity contribution in [3.05, 3.63) is 45.0 Å². The van der Waals surface area contributed by atoms with Crippen molar-refractivity contribution in [3.63, 3.8) is 0 Å². The molecule has 0 aromatic carbocycles. The van der Waals surface area contributed by atoms with Crippen LogP contribution in [-0.4, -0.2) is 17.9 Å². The summed E-state index contributed by atoms with van der Waals surface area (Å²) in [6.07, 6.45) is 1.50. The molecule has 2 rings (SSSR count). The fraction of sp³-hybridized carbons (Fsp3) is 0.182. The van der Waals surface area contributed by atoms with Crippen LogP contribution in [0.5, 0.6) is 0 Å². The molecule has 0 N–H and O–H groups in total. The first kappa shape index (κ1) is 11.4. The predicted octanol–water partition coefficient (Wildman–Crippen LogP) is 3.38. The monoisotopic (exact) mass is 299 g/mol. The number of thiophene rings is 1. The van der Waals surface area contributed by atoms with Gasteiger partial charge in [-0.15, -0.1) is 11.3 Å². The molecule has 0 radical (unpaired) electrons. The predicted molar refractivity (Wildman–Crippen MR) is 66.5 cm³/mol. The minimum Gasteiger partial charge on any atom is -0.459 e. The van der Waals surface area contributed by atoms with Gasteiger partial charge in [0, 0.05) is 11.9 Å². The van der Waals surface area contributed by atoms with Gasteiger partial charge < -0.3 is 9.32 Å². The smallest absolute Gasteiger partial charge is 0.289 e. The van der Waals surface area contributed by atoms with Crippen LogP contribution in [0, 0.1) is 0 Å². The quantitative estimate of drug-likeness (QED) is 0.870. The summed E-state index contributed by atoms with van der Waals surface area (Å²) in [6.45, 7) is 0.593. The van der Waals surface area contributed by atoms with E-state index in [0.29, 0.717) is 12.3 Å². The first-order valence-electron chi connectivity index (χ1n) is 4.70. The number of amides is 1. The molecule has 3 nitrogen and oxygen atoms in total. The molecule has 84 valence electrons. The maximum Gasteiger partial charge on any atom is 0.289 e. The van der Waals surface area contributed by atoms with E-state index < -0.39 is 0 Å². The zero-order valence-electron chi connectivity index (χ0n) is 8.64. The van der Waals surface area contributed by atoms with E-state index >= 15 is 0 Å². The number of hydrogen-bond donors (Lipinski definition) is 0. The van der Waals surface area contributed by atoms with Gasteiger partial charge >= 0.3 is 0 Å². The highest BCUT2D eigenvalue weighted by Gasteiger charge is 2.14. The van der Waals surface area contributed by atoms with Gasteiger partial charge in [-0.1, -0.05) is 0 Å². The molecule has 0 fully saturated rings. The van der Waals surface area contributed by atoms with Gasteiger partial charge in [0.2, 0.25) is 0 Å². The molecule has 1 amide bonds. The molecule has 5 heteroatoms. The lowest BCUT2D eigenvalue weighted by atomic mass is 10.3. The van der Waals surface area contributed by atoms with E-state index in [2.05, 4.69) is 15.9 Å². The van der Waals surface area contributed by atoms with E-state index in [1.165, 1.54) is 6.26 Å². The van der Waals surface area contributed by atoms with Crippen molar-refractivity contribution in [2.45, 2.75) is 6.54 Å². The number of halogens is 1. The molecular weight excluding hydrogens is 290 g/mol. The highest BCUT2D eigenvalue weighted by Crippen LogP contribution is 2.23. The summed E-state index contributed by atoms with van der Waals surface area (Å²) in [6, 6.07) is 7.36. The van der Waals surface area contributed by atoms with Crippen molar-refractivity contribution in [1.29, 1.82) is 0 Å². The molecule has 2 aromatic heterocycles. The van der Waals surface area contributed by atoms with Crippen LogP contribution in [0.3, 0.4) is 0 Å². The van der Waals surface area contributed by atoms with E-state index in [0.717, 1.165) is 8.66 Å². The zero-order chi connectivity index (χ0) is 11.5. The fourth-order valence-corrected chi connectivity index (χ4v) is 2.87. The number of carbonyl (C=O) groups excluding carboxylic acids is 1. The highest BCUT2D eigenvalue weighted by atomic mass is 79.9. The maximum atomic E-state index is 11.8. The van der Waals surface area contributed by atoms with Crippen LogP contribution in [-0.2, 0) is 6.54 Å². The van der Waals surface area contributed by atoms with Crippen molar-refractivity contribution in [3.8, 4) is 0 Å². The number of carbonyl (C=O) groups is 1. The van der Waals surface area contributed by atoms with E-state index in [9.17, 15) is 4.79 Å². The third-order valence-electron chi connectivity index (χ3n) is 2.10. The third kappa shape index (κ3) is 2.54. The van der Waals surface area contributed by atoms with Crippen LogP contribution in [0.1, 0.15) is 15.4 Å². The maximum absolute atomic E-state index is 11.8. The molecule has 0 atom stereocenters. The minimum absolute atomic E-state index is 0.102. The van der Waals surface area contributed by atoms with Crippen LogP contribution >= 0.6 is 27.3 Å². The van der Waals surface area contributed by atoms with Crippen LogP contribution in [0.25, 0.3) is 0 Å². The van der Waals surface area contributed by atoms with Crippen molar-refractivity contribution in [2.24, 2.45) is 0 Å². The molecule has 0 unspecified atom stereocenters. The number of furan rings is 1. The molecule has 0 aliphatic heterocycles. The topological polar surface area (TPSA) is 33.5 Å². The van der Waals surface area contributed by atoms with Crippen molar-refractivity contribution in [2.75, 3.05) is 7.05 Å². The van der Waals surface area contributed by atoms with E-state index in [1.807, 2.05) is 12.1 Å². The first-order valence-corrected chi connectivity index (χ1v) is 6.31. The molecule has 2 heterocycles. The summed E-state index contributed by atoms with van der Waals surface area (Å²) in [5, 5.41) is 0. The summed E-state index contributed by atoms with van der Waals surface area (Å²) >= 11 is 5.02. The summed E-state index contributed by atoms with van der Waals surface area (Å²) in [5.41, 5.74) is 0. The lowest BCUT2D eigenvalue weighted by Crippen LogP contribution is -2.25. The van der Waals surface area contributed by atoms with Crippen molar-refractivity contribution in [1.82, 2.24) is 4.90 Å². The Hall–Kier alpha value is -1.07. The normalized spacial score (nSPS) is 10.4. The molecular formula is C11H10BrNO2S. The Bertz CT molecular complexity index is 478. The van der Waals surface area contributed by atoms with Gasteiger partial charge in [-0.05, 0) is 40.2 Å². The lowest BCUT2D eigenvalue weighted by molar-refractivity contribution is 0.0755. The zero-order valence-corrected chi connectivity index (χ0v) is 11.0. The molecule has 0 aliphatic rings. The van der Waals surface area contributed by atoms with Crippen molar-refractivity contribution < 1.29 is 9.21 Å². The van der Waals surface area contributed by atoms with Crippen LogP contribution in [0.15, 0.2) is 38.7 Å². The number of hydrogen-bond acceptors (Lipinski definition) is 3. The summed E-state index contributed by atoms with van der Waals surface area (Å²) in [7, 11) is 1.76. The minimum atomic E-state index is -0.102. The molecule has 0 saturated carbocycles. The Kier molecular flexibility index (Phi) is 3.46. The average Bonchev–Trinajstić information content (AvgIpc) is 2.88. The Morgan fingerprint density at radius 1 is 1.50 bits per heavy atom. The van der Waals surface area contributed by atoms with Crippen molar-refractivity contribution >= 4 is 33.2 Å². The van der Waals surface area contributed by atoms with Gasteiger partial charge in [-0.3, -0.25) is 4.79 Å². The molecule has 16 heavy (non-hydrogen) atoms. The second-order valence-electron chi connectivity index (χ2n) is 3.34. The van der Waals surface area contributed by atoms with E-state index in [-0.39, 0.29) is 5.91 Å². The van der Waals surface area contributed by atoms with Gasteiger partial charge in [0.05, 0.1) is 16.6 Å². The summed E-state index contributed by atoms with van der Waals surface area (Å²) < 4.78 is 6.13. The Labute approximate surface area is 106 Å². The fourth-order valence-electron chi connectivity index (χ4n) is 1.33. The summed E-state index contributed by atoms with van der Waals surface area (Å²) in [4.78, 5) is 14.6. The molecule has 0 spiro atoms. The van der Waals surface area contributed by atoms with Gasteiger partial charge in [0.25, 0.3) is 5.91 Å². The number of rotatable bonds is 3. The van der Waals surface area contributed by atoms with Gasteiger partial charge in [-0.25, -0.2) is 0 Å². The second kappa shape index (κ2) is 4.84. The summed E-state index contributed by atoms with van der Waals surface area (Å²) in [5.74, 6) is 0.271. The molecule has 0 bridgehead atoms. The van der Waals surface area contributed by atoms with Gasteiger partial charge in [-0.2, -0.15) is 0 Å². The van der Waals surface area contributed by atoms with E-state index in [4.69, 9.17) is 4.42 Å². The SMILES string of the molecule is CN(Cc1ccc(Br)s1)C(=O)c1ccco1. The van der Waals surface area contributed by atoms with Crippen LogP contribution in [0.2, 0.25) is 0 Å². The largest absolute Gasteiger partial charge is 0.459 e. The Balaban J connectivity index is 2.03. The Morgan fingerprint density at radius 3 is 2.88 bits per heavy atom. The van der Waals surface area contributed by atoms with Crippen LogP contribution < -0.4 is 0 Å².